The molecule has 1 unspecified atom stereocenters. The first-order chi connectivity index (χ1) is 9.04. The van der Waals surface area contributed by atoms with Crippen molar-refractivity contribution in [3.05, 3.63) is 27.8 Å². The van der Waals surface area contributed by atoms with Crippen LogP contribution in [0, 0.1) is 10.1 Å². The van der Waals surface area contributed by atoms with Crippen LogP contribution in [0.3, 0.4) is 0 Å². The molecule has 0 aromatic heterocycles. The zero-order valence-corrected chi connectivity index (χ0v) is 10.8. The van der Waals surface area contributed by atoms with Gasteiger partial charge in [-0.2, -0.15) is 0 Å². The van der Waals surface area contributed by atoms with E-state index in [0.29, 0.717) is 36.7 Å². The van der Waals surface area contributed by atoms with Crippen LogP contribution in [0.5, 0.6) is 11.5 Å². The molecule has 0 amide bonds. The number of fused-ring (bicyclic) bond motifs is 1. The van der Waals surface area contributed by atoms with Crippen LogP contribution in [-0.2, 0) is 4.79 Å². The zero-order valence-electron chi connectivity index (χ0n) is 10.8. The molecule has 102 valence electrons. The van der Waals surface area contributed by atoms with Gasteiger partial charge in [0.25, 0.3) is 5.69 Å². The molecule has 1 aliphatic heterocycles. The van der Waals surface area contributed by atoms with E-state index >= 15 is 0 Å². The highest BCUT2D eigenvalue weighted by molar-refractivity contribution is 5.85. The highest BCUT2D eigenvalue weighted by atomic mass is 16.6. The van der Waals surface area contributed by atoms with Crippen molar-refractivity contribution in [3.8, 4) is 11.5 Å². The average molecular weight is 265 g/mol. The maximum atomic E-state index is 11.6. The first-order valence-corrected chi connectivity index (χ1v) is 6.13. The maximum Gasteiger partial charge on any atom is 0.277 e. The molecule has 0 fully saturated rings. The average Bonchev–Trinajstić information content (AvgIpc) is 2.38. The van der Waals surface area contributed by atoms with E-state index in [-0.39, 0.29) is 11.5 Å². The quantitative estimate of drug-likeness (QED) is 0.617. The van der Waals surface area contributed by atoms with Crippen LogP contribution in [-0.4, -0.2) is 23.9 Å². The van der Waals surface area contributed by atoms with Crippen LogP contribution in [0.25, 0.3) is 0 Å². The molecule has 19 heavy (non-hydrogen) atoms. The summed E-state index contributed by atoms with van der Waals surface area (Å²) in [6.07, 6.45) is 0.510. The molecule has 1 aromatic carbocycles. The molecule has 1 atom stereocenters. The van der Waals surface area contributed by atoms with Crippen molar-refractivity contribution in [1.29, 1.82) is 0 Å². The lowest BCUT2D eigenvalue weighted by molar-refractivity contribution is -0.385. The van der Waals surface area contributed by atoms with Gasteiger partial charge in [-0.05, 0) is 19.4 Å². The molecule has 0 aliphatic carbocycles. The SMILES string of the molecule is CCC(C(C)=O)c1cc2c(cc1[N+](=O)[O-])OCCO2. The zero-order chi connectivity index (χ0) is 14.0. The standard InChI is InChI=1S/C13H15NO5/c1-3-9(8(2)15)10-6-12-13(19-5-4-18-12)7-11(10)14(16)17/h6-7,9H,3-5H2,1-2H3. The number of nitro benzene ring substituents is 1. The van der Waals surface area contributed by atoms with Gasteiger partial charge < -0.3 is 9.47 Å². The van der Waals surface area contributed by atoms with Crippen molar-refractivity contribution in [2.75, 3.05) is 13.2 Å². The summed E-state index contributed by atoms with van der Waals surface area (Å²) >= 11 is 0. The Labute approximate surface area is 110 Å². The molecule has 6 heteroatoms. The molecule has 0 spiro atoms. The molecule has 1 aliphatic rings. The first-order valence-electron chi connectivity index (χ1n) is 6.13. The minimum absolute atomic E-state index is 0.0914. The molecule has 6 nitrogen and oxygen atoms in total. The van der Waals surface area contributed by atoms with Crippen molar-refractivity contribution in [2.45, 2.75) is 26.2 Å². The summed E-state index contributed by atoms with van der Waals surface area (Å²) < 4.78 is 10.7. The van der Waals surface area contributed by atoms with Crippen LogP contribution in [0.15, 0.2) is 12.1 Å². The van der Waals surface area contributed by atoms with Gasteiger partial charge in [0.2, 0.25) is 0 Å². The summed E-state index contributed by atoms with van der Waals surface area (Å²) in [5.41, 5.74) is 0.301. The van der Waals surface area contributed by atoms with Gasteiger partial charge in [-0.1, -0.05) is 6.92 Å². The third-order valence-electron chi connectivity index (χ3n) is 3.16. The summed E-state index contributed by atoms with van der Waals surface area (Å²) in [5.74, 6) is 0.241. The smallest absolute Gasteiger partial charge is 0.277 e. The van der Waals surface area contributed by atoms with E-state index in [4.69, 9.17) is 9.47 Å². The summed E-state index contributed by atoms with van der Waals surface area (Å²) in [6, 6.07) is 2.90. The number of hydrogen-bond acceptors (Lipinski definition) is 5. The van der Waals surface area contributed by atoms with Gasteiger partial charge in [-0.3, -0.25) is 14.9 Å². The lowest BCUT2D eigenvalue weighted by Crippen LogP contribution is -2.17. The fourth-order valence-corrected chi connectivity index (χ4v) is 2.26. The first kappa shape index (κ1) is 13.3. The monoisotopic (exact) mass is 265 g/mol. The topological polar surface area (TPSA) is 78.7 Å². The second-order valence-corrected chi connectivity index (χ2v) is 4.38. The Balaban J connectivity index is 2.56. The molecule has 0 saturated heterocycles. The second-order valence-electron chi connectivity index (χ2n) is 4.38. The Morgan fingerprint density at radius 2 is 1.95 bits per heavy atom. The molecule has 1 heterocycles. The number of benzene rings is 1. The minimum atomic E-state index is -0.490. The Morgan fingerprint density at radius 3 is 2.42 bits per heavy atom. The molecular weight excluding hydrogens is 250 g/mol. The van der Waals surface area contributed by atoms with E-state index in [9.17, 15) is 14.9 Å². The van der Waals surface area contributed by atoms with E-state index in [1.807, 2.05) is 6.92 Å². The van der Waals surface area contributed by atoms with Crippen LogP contribution >= 0.6 is 0 Å². The van der Waals surface area contributed by atoms with E-state index in [1.165, 1.54) is 13.0 Å². The summed E-state index contributed by atoms with van der Waals surface area (Å²) in [7, 11) is 0. The fourth-order valence-electron chi connectivity index (χ4n) is 2.26. The van der Waals surface area contributed by atoms with E-state index < -0.39 is 10.8 Å². The van der Waals surface area contributed by atoms with Crippen LogP contribution < -0.4 is 9.47 Å². The molecular formula is C13H15NO5. The number of nitro groups is 1. The molecule has 0 saturated carbocycles. The number of carbonyl (C=O) groups is 1. The Kier molecular flexibility index (Phi) is 3.69. The van der Waals surface area contributed by atoms with Gasteiger partial charge in [0.1, 0.15) is 19.0 Å². The van der Waals surface area contributed by atoms with Crippen molar-refractivity contribution in [2.24, 2.45) is 0 Å². The van der Waals surface area contributed by atoms with Crippen LogP contribution in [0.4, 0.5) is 5.69 Å². The number of rotatable bonds is 4. The summed E-state index contributed by atoms with van der Waals surface area (Å²) in [5, 5.41) is 11.1. The number of ether oxygens (including phenoxy) is 2. The Bertz CT molecular complexity index is 526. The lowest BCUT2D eigenvalue weighted by Gasteiger charge is -2.20. The van der Waals surface area contributed by atoms with Gasteiger partial charge >= 0.3 is 0 Å². The minimum Gasteiger partial charge on any atom is -0.486 e. The van der Waals surface area contributed by atoms with Crippen molar-refractivity contribution >= 4 is 11.5 Å². The van der Waals surface area contributed by atoms with Crippen LogP contribution in [0.2, 0.25) is 0 Å². The summed E-state index contributed by atoms with van der Waals surface area (Å²) in [6.45, 7) is 4.04. The number of carbonyl (C=O) groups excluding carboxylic acids is 1. The van der Waals surface area contributed by atoms with Gasteiger partial charge in [0.05, 0.1) is 11.0 Å². The van der Waals surface area contributed by atoms with E-state index in [0.717, 1.165) is 0 Å². The van der Waals surface area contributed by atoms with Gasteiger partial charge in [0.15, 0.2) is 11.5 Å². The van der Waals surface area contributed by atoms with Crippen molar-refractivity contribution < 1.29 is 19.2 Å². The third-order valence-corrected chi connectivity index (χ3v) is 3.16. The number of Topliss-reactive ketones (excluding diaryl/α,β-unsaturated/α-hetero) is 1. The number of hydrogen-bond donors (Lipinski definition) is 0. The molecule has 1 aromatic rings. The van der Waals surface area contributed by atoms with Crippen molar-refractivity contribution in [1.82, 2.24) is 0 Å². The Hall–Kier alpha value is -2.11. The highest BCUT2D eigenvalue weighted by Gasteiger charge is 2.28. The third kappa shape index (κ3) is 2.52. The van der Waals surface area contributed by atoms with Gasteiger partial charge in [0, 0.05) is 11.5 Å². The van der Waals surface area contributed by atoms with Crippen LogP contribution in [0.1, 0.15) is 31.7 Å². The number of nitrogens with zero attached hydrogens (tertiary/aromatic N) is 1. The molecule has 0 N–H and O–H groups in total. The summed E-state index contributed by atoms with van der Waals surface area (Å²) in [4.78, 5) is 22.3. The Morgan fingerprint density at radius 1 is 1.37 bits per heavy atom. The lowest BCUT2D eigenvalue weighted by atomic mass is 9.91. The largest absolute Gasteiger partial charge is 0.486 e. The van der Waals surface area contributed by atoms with Crippen molar-refractivity contribution in [3.63, 3.8) is 0 Å². The predicted molar refractivity (Wildman–Crippen MR) is 67.8 cm³/mol. The molecule has 0 bridgehead atoms. The molecule has 2 rings (SSSR count). The number of ketones is 1. The van der Waals surface area contributed by atoms with Gasteiger partial charge in [-0.25, -0.2) is 0 Å². The molecule has 0 radical (unpaired) electrons. The fraction of sp³-hybridized carbons (Fsp3) is 0.462. The van der Waals surface area contributed by atoms with Gasteiger partial charge in [-0.15, -0.1) is 0 Å². The highest BCUT2D eigenvalue weighted by Crippen LogP contribution is 2.40. The maximum absolute atomic E-state index is 11.6. The van der Waals surface area contributed by atoms with E-state index in [2.05, 4.69) is 0 Å². The second kappa shape index (κ2) is 5.26. The predicted octanol–water partition coefficient (Wildman–Crippen LogP) is 2.45. The normalized spacial score (nSPS) is 14.8. The van der Waals surface area contributed by atoms with E-state index in [1.54, 1.807) is 6.07 Å².